The monoisotopic (exact) mass is 462 g/mol. The second-order valence-electron chi connectivity index (χ2n) is 10.3. The third-order valence-corrected chi connectivity index (χ3v) is 7.81. The van der Waals surface area contributed by atoms with E-state index >= 15 is 0 Å². The van der Waals surface area contributed by atoms with Crippen LogP contribution < -0.4 is 10.6 Å². The quantitative estimate of drug-likeness (QED) is 0.604. The Hall–Kier alpha value is -3.35. The topological polar surface area (TPSA) is 105 Å². The SMILES string of the molecule is CC(C)(NC(=O)OCC1c2ccccc2-c2ccccc21)C(=O)N[C@H]1C[C@H]2CC(C(=O)O)C[C@H]21. The molecule has 0 spiro atoms. The molecular weight excluding hydrogens is 432 g/mol. The van der Waals surface area contributed by atoms with Crippen LogP contribution in [0.4, 0.5) is 4.79 Å². The van der Waals surface area contributed by atoms with Crippen molar-refractivity contribution in [2.45, 2.75) is 50.6 Å². The average Bonchev–Trinajstić information content (AvgIpc) is 3.31. The molecule has 7 nitrogen and oxygen atoms in total. The Labute approximate surface area is 198 Å². The number of carboxylic acid groups (broad SMARTS) is 1. The molecule has 4 atom stereocenters. The molecule has 3 aliphatic rings. The maximum absolute atomic E-state index is 12.9. The second kappa shape index (κ2) is 8.46. The Bertz CT molecular complexity index is 1100. The van der Waals surface area contributed by atoms with Gasteiger partial charge in [0, 0.05) is 12.0 Å². The van der Waals surface area contributed by atoms with Crippen LogP contribution in [0.2, 0.25) is 0 Å². The summed E-state index contributed by atoms with van der Waals surface area (Å²) in [5.74, 6) is -0.838. The minimum Gasteiger partial charge on any atom is -0.481 e. The highest BCUT2D eigenvalue weighted by Gasteiger charge is 2.50. The number of rotatable bonds is 6. The van der Waals surface area contributed by atoms with Gasteiger partial charge in [0.25, 0.3) is 0 Å². The minimum atomic E-state index is -1.15. The maximum atomic E-state index is 12.9. The molecule has 0 bridgehead atoms. The van der Waals surface area contributed by atoms with E-state index in [1.54, 1.807) is 13.8 Å². The van der Waals surface area contributed by atoms with Gasteiger partial charge in [0.15, 0.2) is 0 Å². The molecule has 3 aliphatic carbocycles. The minimum absolute atomic E-state index is 0.0366. The fourth-order valence-corrected chi connectivity index (χ4v) is 5.89. The number of ether oxygens (including phenoxy) is 1. The van der Waals surface area contributed by atoms with Crippen LogP contribution in [0.1, 0.15) is 50.2 Å². The van der Waals surface area contributed by atoms with E-state index in [1.165, 1.54) is 0 Å². The second-order valence-corrected chi connectivity index (χ2v) is 10.3. The van der Waals surface area contributed by atoms with Crippen LogP contribution in [-0.2, 0) is 14.3 Å². The van der Waals surface area contributed by atoms with E-state index in [0.717, 1.165) is 28.7 Å². The number of alkyl carbamates (subject to hydrolysis) is 1. The number of carboxylic acids is 1. The fourth-order valence-electron chi connectivity index (χ4n) is 5.89. The van der Waals surface area contributed by atoms with Gasteiger partial charge < -0.3 is 20.5 Å². The molecule has 3 N–H and O–H groups in total. The molecule has 2 amide bonds. The summed E-state index contributed by atoms with van der Waals surface area (Å²) in [6.07, 6.45) is 1.44. The molecule has 2 saturated carbocycles. The molecule has 178 valence electrons. The fraction of sp³-hybridized carbons (Fsp3) is 0.444. The third kappa shape index (κ3) is 3.93. The maximum Gasteiger partial charge on any atom is 0.408 e. The van der Waals surface area contributed by atoms with Crippen LogP contribution in [0.15, 0.2) is 48.5 Å². The van der Waals surface area contributed by atoms with Crippen molar-refractivity contribution in [2.75, 3.05) is 6.61 Å². The number of carbonyl (C=O) groups excluding carboxylic acids is 2. The van der Waals surface area contributed by atoms with Crippen molar-refractivity contribution >= 4 is 18.0 Å². The lowest BCUT2D eigenvalue weighted by atomic mass is 9.71. The summed E-state index contributed by atoms with van der Waals surface area (Å²) < 4.78 is 5.59. The number of aliphatic carboxylic acids is 1. The summed E-state index contributed by atoms with van der Waals surface area (Å²) in [4.78, 5) is 36.8. The van der Waals surface area contributed by atoms with Gasteiger partial charge in [-0.25, -0.2) is 4.79 Å². The van der Waals surface area contributed by atoms with Crippen molar-refractivity contribution in [3.8, 4) is 11.1 Å². The van der Waals surface area contributed by atoms with Gasteiger partial charge in [0.2, 0.25) is 5.91 Å². The first kappa shape index (κ1) is 22.4. The summed E-state index contributed by atoms with van der Waals surface area (Å²) in [7, 11) is 0. The summed E-state index contributed by atoms with van der Waals surface area (Å²) in [5, 5.41) is 15.0. The first-order valence-corrected chi connectivity index (χ1v) is 11.9. The smallest absolute Gasteiger partial charge is 0.408 e. The normalized spacial score (nSPS) is 24.9. The van der Waals surface area contributed by atoms with Crippen molar-refractivity contribution < 1.29 is 24.2 Å². The number of amides is 2. The lowest BCUT2D eigenvalue weighted by Gasteiger charge is -2.42. The Morgan fingerprint density at radius 3 is 2.21 bits per heavy atom. The first-order valence-electron chi connectivity index (χ1n) is 11.9. The van der Waals surface area contributed by atoms with Crippen LogP contribution in [0.25, 0.3) is 11.1 Å². The van der Waals surface area contributed by atoms with Gasteiger partial charge in [-0.2, -0.15) is 0 Å². The van der Waals surface area contributed by atoms with Crippen molar-refractivity contribution in [3.63, 3.8) is 0 Å². The molecule has 0 heterocycles. The van der Waals surface area contributed by atoms with Gasteiger partial charge in [-0.1, -0.05) is 48.5 Å². The summed E-state index contributed by atoms with van der Waals surface area (Å²) in [5.41, 5.74) is 3.41. The van der Waals surface area contributed by atoms with Crippen molar-refractivity contribution in [1.82, 2.24) is 10.6 Å². The molecule has 2 aromatic carbocycles. The van der Waals surface area contributed by atoms with Crippen molar-refractivity contribution in [2.24, 2.45) is 17.8 Å². The lowest BCUT2D eigenvalue weighted by molar-refractivity contribution is -0.141. The number of hydrogen-bond acceptors (Lipinski definition) is 4. The molecule has 34 heavy (non-hydrogen) atoms. The van der Waals surface area contributed by atoms with Gasteiger partial charge >= 0.3 is 12.1 Å². The number of fused-ring (bicyclic) bond motifs is 4. The lowest BCUT2D eigenvalue weighted by Crippen LogP contribution is -2.60. The predicted molar refractivity (Wildman–Crippen MR) is 126 cm³/mol. The highest BCUT2D eigenvalue weighted by atomic mass is 16.5. The van der Waals surface area contributed by atoms with Gasteiger partial charge in [0.05, 0.1) is 5.92 Å². The molecule has 0 radical (unpaired) electrons. The zero-order valence-corrected chi connectivity index (χ0v) is 19.4. The van der Waals surface area contributed by atoms with Crippen LogP contribution >= 0.6 is 0 Å². The van der Waals surface area contributed by atoms with Gasteiger partial charge in [-0.3, -0.25) is 9.59 Å². The van der Waals surface area contributed by atoms with Gasteiger partial charge in [-0.15, -0.1) is 0 Å². The third-order valence-electron chi connectivity index (χ3n) is 7.81. The highest BCUT2D eigenvalue weighted by Crippen LogP contribution is 2.50. The molecule has 0 aliphatic heterocycles. The van der Waals surface area contributed by atoms with E-state index in [2.05, 4.69) is 34.9 Å². The number of nitrogens with one attached hydrogen (secondary N) is 2. The van der Waals surface area contributed by atoms with E-state index in [1.807, 2.05) is 24.3 Å². The molecule has 2 fully saturated rings. The van der Waals surface area contributed by atoms with E-state index < -0.39 is 17.6 Å². The molecule has 0 saturated heterocycles. The average molecular weight is 463 g/mol. The Kier molecular flexibility index (Phi) is 5.58. The summed E-state index contributed by atoms with van der Waals surface area (Å²) in [6, 6.07) is 16.2. The standard InChI is InChI=1S/C27H30N2O5/c1-27(2,25(32)28-23-13-15-11-16(24(30)31)12-21(15)23)29-26(33)34-14-22-19-9-5-3-7-17(19)18-8-4-6-10-20(18)22/h3-10,15-16,21-23H,11-14H2,1-2H3,(H,28,32)(H,29,33)(H,30,31)/t15-,16?,21-,23+/m1/s1. The number of carbonyl (C=O) groups is 3. The van der Waals surface area contributed by atoms with Gasteiger partial charge in [0.1, 0.15) is 12.1 Å². The largest absolute Gasteiger partial charge is 0.481 e. The molecule has 5 rings (SSSR count). The van der Waals surface area contributed by atoms with Crippen LogP contribution in [0.5, 0.6) is 0 Å². The Morgan fingerprint density at radius 1 is 0.971 bits per heavy atom. The molecule has 0 aromatic heterocycles. The van der Waals surface area contributed by atoms with E-state index in [9.17, 15) is 19.5 Å². The van der Waals surface area contributed by atoms with E-state index in [-0.39, 0.29) is 36.3 Å². The summed E-state index contributed by atoms with van der Waals surface area (Å²) >= 11 is 0. The highest BCUT2D eigenvalue weighted by molar-refractivity contribution is 5.89. The van der Waals surface area contributed by atoms with Crippen LogP contribution in [-0.4, -0.2) is 41.3 Å². The van der Waals surface area contributed by atoms with Gasteiger partial charge in [-0.05, 0) is 67.2 Å². The molecule has 2 aromatic rings. The van der Waals surface area contributed by atoms with Crippen molar-refractivity contribution in [1.29, 1.82) is 0 Å². The summed E-state index contributed by atoms with van der Waals surface area (Å²) in [6.45, 7) is 3.48. The van der Waals surface area contributed by atoms with Crippen LogP contribution in [0.3, 0.4) is 0 Å². The number of benzene rings is 2. The molecule has 7 heteroatoms. The number of hydrogen-bond donors (Lipinski definition) is 3. The predicted octanol–water partition coefficient (Wildman–Crippen LogP) is 3.92. The van der Waals surface area contributed by atoms with Crippen molar-refractivity contribution in [3.05, 3.63) is 59.7 Å². The molecule has 1 unspecified atom stereocenters. The Morgan fingerprint density at radius 2 is 1.59 bits per heavy atom. The molecular formula is C27H30N2O5. The van der Waals surface area contributed by atoms with E-state index in [0.29, 0.717) is 18.8 Å². The zero-order valence-electron chi connectivity index (χ0n) is 19.4. The van der Waals surface area contributed by atoms with E-state index in [4.69, 9.17) is 4.74 Å². The van der Waals surface area contributed by atoms with Crippen LogP contribution in [0, 0.1) is 17.8 Å². The first-order chi connectivity index (χ1) is 16.2. The zero-order chi connectivity index (χ0) is 24.0. The Balaban J connectivity index is 1.17.